The zero-order valence-electron chi connectivity index (χ0n) is 11.4. The van der Waals surface area contributed by atoms with Gasteiger partial charge in [0, 0.05) is 23.7 Å². The SMILES string of the molecule is CN(CCSc1ccc(F)cc1)CC1(O)CCCC1. The van der Waals surface area contributed by atoms with E-state index in [4.69, 9.17) is 0 Å². The summed E-state index contributed by atoms with van der Waals surface area (Å²) in [6.45, 7) is 1.70. The molecule has 0 amide bonds. The lowest BCUT2D eigenvalue weighted by Crippen LogP contribution is -2.39. The van der Waals surface area contributed by atoms with Gasteiger partial charge in [0.1, 0.15) is 5.82 Å². The summed E-state index contributed by atoms with van der Waals surface area (Å²) in [6.07, 6.45) is 4.16. The smallest absolute Gasteiger partial charge is 0.123 e. The Morgan fingerprint density at radius 2 is 1.89 bits per heavy atom. The number of aliphatic hydroxyl groups is 1. The largest absolute Gasteiger partial charge is 0.389 e. The van der Waals surface area contributed by atoms with Crippen molar-refractivity contribution in [3.05, 3.63) is 30.1 Å². The average Bonchev–Trinajstić information content (AvgIpc) is 2.78. The molecule has 106 valence electrons. The Kier molecular flexibility index (Phi) is 5.25. The van der Waals surface area contributed by atoms with Crippen molar-refractivity contribution in [3.8, 4) is 0 Å². The molecule has 0 saturated heterocycles. The van der Waals surface area contributed by atoms with Crippen molar-refractivity contribution in [1.82, 2.24) is 4.90 Å². The van der Waals surface area contributed by atoms with Crippen LogP contribution in [0.25, 0.3) is 0 Å². The minimum atomic E-state index is -0.463. The van der Waals surface area contributed by atoms with Crippen molar-refractivity contribution in [2.45, 2.75) is 36.2 Å². The molecule has 0 aliphatic heterocycles. The van der Waals surface area contributed by atoms with Crippen LogP contribution in [-0.2, 0) is 0 Å². The molecule has 2 rings (SSSR count). The quantitative estimate of drug-likeness (QED) is 0.811. The third kappa shape index (κ3) is 4.79. The average molecular weight is 283 g/mol. The van der Waals surface area contributed by atoms with Gasteiger partial charge in [-0.05, 0) is 44.2 Å². The molecule has 4 heteroatoms. The Balaban J connectivity index is 1.69. The number of thioether (sulfide) groups is 1. The van der Waals surface area contributed by atoms with Gasteiger partial charge >= 0.3 is 0 Å². The van der Waals surface area contributed by atoms with Gasteiger partial charge in [-0.1, -0.05) is 12.8 Å². The Hall–Kier alpha value is -0.580. The maximum atomic E-state index is 12.8. The highest BCUT2D eigenvalue weighted by Crippen LogP contribution is 2.30. The van der Waals surface area contributed by atoms with Gasteiger partial charge in [-0.2, -0.15) is 0 Å². The van der Waals surface area contributed by atoms with Crippen LogP contribution in [0.3, 0.4) is 0 Å². The van der Waals surface area contributed by atoms with Crippen LogP contribution in [0.15, 0.2) is 29.2 Å². The van der Waals surface area contributed by atoms with Crippen LogP contribution in [0.2, 0.25) is 0 Å². The number of rotatable bonds is 6. The van der Waals surface area contributed by atoms with Gasteiger partial charge in [0.05, 0.1) is 5.60 Å². The summed E-state index contributed by atoms with van der Waals surface area (Å²) in [6, 6.07) is 6.61. The molecule has 0 radical (unpaired) electrons. The third-order valence-corrected chi connectivity index (χ3v) is 4.65. The van der Waals surface area contributed by atoms with E-state index < -0.39 is 5.60 Å². The fourth-order valence-corrected chi connectivity index (χ4v) is 3.59. The molecule has 1 aromatic carbocycles. The molecule has 1 N–H and O–H groups in total. The molecule has 0 aromatic heterocycles. The lowest BCUT2D eigenvalue weighted by molar-refractivity contribution is 0.0180. The molecule has 1 aliphatic rings. The van der Waals surface area contributed by atoms with Gasteiger partial charge in [0.25, 0.3) is 0 Å². The highest BCUT2D eigenvalue weighted by atomic mass is 32.2. The molecule has 0 spiro atoms. The van der Waals surface area contributed by atoms with E-state index in [1.807, 2.05) is 12.1 Å². The van der Waals surface area contributed by atoms with E-state index in [1.54, 1.807) is 11.8 Å². The second-order valence-electron chi connectivity index (χ2n) is 5.47. The van der Waals surface area contributed by atoms with Crippen LogP contribution in [0.4, 0.5) is 4.39 Å². The Bertz CT molecular complexity index is 390. The molecule has 0 atom stereocenters. The first-order valence-corrected chi connectivity index (χ1v) is 7.85. The Morgan fingerprint density at radius 3 is 2.53 bits per heavy atom. The van der Waals surface area contributed by atoms with Crippen LogP contribution in [-0.4, -0.2) is 41.5 Å². The van der Waals surface area contributed by atoms with Crippen LogP contribution < -0.4 is 0 Å². The molecule has 0 unspecified atom stereocenters. The standard InChI is InChI=1S/C15H22FNOS/c1-17(12-15(18)8-2-3-9-15)10-11-19-14-6-4-13(16)5-7-14/h4-7,18H,2-3,8-12H2,1H3. The Morgan fingerprint density at radius 1 is 1.26 bits per heavy atom. The van der Waals surface area contributed by atoms with Crippen molar-refractivity contribution >= 4 is 11.8 Å². The van der Waals surface area contributed by atoms with Crippen LogP contribution in [0.1, 0.15) is 25.7 Å². The van der Waals surface area contributed by atoms with E-state index >= 15 is 0 Å². The predicted molar refractivity (Wildman–Crippen MR) is 78.0 cm³/mol. The number of likely N-dealkylation sites (N-methyl/N-ethyl adjacent to an activating group) is 1. The molecule has 1 fully saturated rings. The van der Waals surface area contributed by atoms with E-state index in [0.29, 0.717) is 0 Å². The zero-order valence-corrected chi connectivity index (χ0v) is 12.3. The second kappa shape index (κ2) is 6.73. The van der Waals surface area contributed by atoms with E-state index in [9.17, 15) is 9.50 Å². The highest BCUT2D eigenvalue weighted by Gasteiger charge is 2.31. The zero-order chi connectivity index (χ0) is 13.7. The summed E-state index contributed by atoms with van der Waals surface area (Å²) in [4.78, 5) is 3.29. The number of halogens is 1. The molecule has 19 heavy (non-hydrogen) atoms. The topological polar surface area (TPSA) is 23.5 Å². The van der Waals surface area contributed by atoms with E-state index in [1.165, 1.54) is 12.1 Å². The minimum absolute atomic E-state index is 0.190. The Labute approximate surface area is 119 Å². The van der Waals surface area contributed by atoms with Gasteiger partial charge in [-0.3, -0.25) is 0 Å². The lowest BCUT2D eigenvalue weighted by Gasteiger charge is -2.28. The first-order valence-electron chi connectivity index (χ1n) is 6.87. The maximum absolute atomic E-state index is 12.8. The second-order valence-corrected chi connectivity index (χ2v) is 6.64. The summed E-state index contributed by atoms with van der Waals surface area (Å²) >= 11 is 1.72. The molecular formula is C15H22FNOS. The first-order chi connectivity index (χ1) is 9.07. The van der Waals surface area contributed by atoms with Gasteiger partial charge in [-0.15, -0.1) is 11.8 Å². The fraction of sp³-hybridized carbons (Fsp3) is 0.600. The molecular weight excluding hydrogens is 261 g/mol. The minimum Gasteiger partial charge on any atom is -0.389 e. The van der Waals surface area contributed by atoms with Crippen LogP contribution in [0.5, 0.6) is 0 Å². The number of hydrogen-bond donors (Lipinski definition) is 1. The summed E-state index contributed by atoms with van der Waals surface area (Å²) in [7, 11) is 2.06. The molecule has 2 nitrogen and oxygen atoms in total. The molecule has 0 heterocycles. The van der Waals surface area contributed by atoms with Gasteiger partial charge in [0.2, 0.25) is 0 Å². The number of benzene rings is 1. The number of hydrogen-bond acceptors (Lipinski definition) is 3. The maximum Gasteiger partial charge on any atom is 0.123 e. The highest BCUT2D eigenvalue weighted by molar-refractivity contribution is 7.99. The number of nitrogens with zero attached hydrogens (tertiary/aromatic N) is 1. The van der Waals surface area contributed by atoms with Gasteiger partial charge < -0.3 is 10.0 Å². The van der Waals surface area contributed by atoms with Gasteiger partial charge in [0.15, 0.2) is 0 Å². The van der Waals surface area contributed by atoms with Gasteiger partial charge in [-0.25, -0.2) is 4.39 Å². The van der Waals surface area contributed by atoms with E-state index in [0.717, 1.165) is 49.4 Å². The van der Waals surface area contributed by atoms with Crippen LogP contribution in [0, 0.1) is 5.82 Å². The molecule has 1 aromatic rings. The summed E-state index contributed by atoms with van der Waals surface area (Å²) in [5, 5.41) is 10.3. The van der Waals surface area contributed by atoms with Crippen molar-refractivity contribution in [3.63, 3.8) is 0 Å². The molecule has 0 bridgehead atoms. The fourth-order valence-electron chi connectivity index (χ4n) is 2.62. The van der Waals surface area contributed by atoms with Crippen molar-refractivity contribution in [2.24, 2.45) is 0 Å². The van der Waals surface area contributed by atoms with E-state index in [-0.39, 0.29) is 5.82 Å². The van der Waals surface area contributed by atoms with E-state index in [2.05, 4.69) is 11.9 Å². The summed E-state index contributed by atoms with van der Waals surface area (Å²) in [5.41, 5.74) is -0.463. The van der Waals surface area contributed by atoms with Crippen molar-refractivity contribution in [1.29, 1.82) is 0 Å². The molecule has 1 aliphatic carbocycles. The summed E-state index contributed by atoms with van der Waals surface area (Å²) in [5.74, 6) is 0.767. The van der Waals surface area contributed by atoms with Crippen molar-refractivity contribution < 1.29 is 9.50 Å². The third-order valence-electron chi connectivity index (χ3n) is 3.65. The first kappa shape index (κ1) is 14.8. The monoisotopic (exact) mass is 283 g/mol. The van der Waals surface area contributed by atoms with Crippen LogP contribution >= 0.6 is 11.8 Å². The van der Waals surface area contributed by atoms with Crippen molar-refractivity contribution in [2.75, 3.05) is 25.9 Å². The summed E-state index contributed by atoms with van der Waals surface area (Å²) < 4.78 is 12.8. The molecule has 1 saturated carbocycles. The normalized spacial score (nSPS) is 18.1. The lowest BCUT2D eigenvalue weighted by atomic mass is 10.0. The predicted octanol–water partition coefficient (Wildman–Crippen LogP) is 3.15.